The van der Waals surface area contributed by atoms with Gasteiger partial charge in [0, 0.05) is 0 Å². The van der Waals surface area contributed by atoms with Gasteiger partial charge in [0.2, 0.25) is 0 Å². The summed E-state index contributed by atoms with van der Waals surface area (Å²) in [6.45, 7) is 0. The standard InChI is InChI=1S/2C3H6S2.Sn/c2*4-3-1-2-5-3;/h2*3-4H,1-2H2;/q;;+2/p-2. The molecular weight excluding hydrogens is 319 g/mol. The fourth-order valence-corrected chi connectivity index (χ4v) is 21.8. The van der Waals surface area contributed by atoms with Crippen molar-refractivity contribution in [2.24, 2.45) is 0 Å². The number of thioether (sulfide) groups is 2. The van der Waals surface area contributed by atoms with Gasteiger partial charge in [0.05, 0.1) is 0 Å². The molecule has 2 aliphatic heterocycles. The van der Waals surface area contributed by atoms with E-state index in [1.165, 1.54) is 24.3 Å². The SMILES string of the molecule is C1CC([S][Sn][S]C2CCS2)S1. The summed E-state index contributed by atoms with van der Waals surface area (Å²) < 4.78 is 2.05. The minimum atomic E-state index is -0.0668. The second-order valence-electron chi connectivity index (χ2n) is 2.50. The average molecular weight is 329 g/mol. The fourth-order valence-electron chi connectivity index (χ4n) is 0.749. The summed E-state index contributed by atoms with van der Waals surface area (Å²) in [6.07, 6.45) is 2.99. The summed E-state index contributed by atoms with van der Waals surface area (Å²) in [4.78, 5) is 0. The van der Waals surface area contributed by atoms with Gasteiger partial charge in [-0.2, -0.15) is 0 Å². The van der Waals surface area contributed by atoms with Crippen molar-refractivity contribution in [3.8, 4) is 0 Å². The van der Waals surface area contributed by atoms with Crippen molar-refractivity contribution in [1.82, 2.24) is 0 Å². The molecule has 0 N–H and O–H groups in total. The number of hydrogen-bond donors (Lipinski definition) is 0. The average Bonchev–Trinajstić information content (AvgIpc) is 1.79. The van der Waals surface area contributed by atoms with Crippen LogP contribution in [-0.4, -0.2) is 39.0 Å². The molecule has 2 fully saturated rings. The van der Waals surface area contributed by atoms with Crippen LogP contribution >= 0.6 is 41.4 Å². The van der Waals surface area contributed by atoms with Crippen LogP contribution in [0.5, 0.6) is 0 Å². The van der Waals surface area contributed by atoms with Crippen molar-refractivity contribution in [3.05, 3.63) is 0 Å². The first kappa shape index (κ1) is 9.74. The molecule has 2 aliphatic rings. The van der Waals surface area contributed by atoms with Gasteiger partial charge in [-0.3, -0.25) is 0 Å². The summed E-state index contributed by atoms with van der Waals surface area (Å²) in [6, 6.07) is 0. The zero-order valence-electron chi connectivity index (χ0n) is 6.12. The first-order chi connectivity index (χ1) is 5.45. The van der Waals surface area contributed by atoms with Crippen LogP contribution in [0.1, 0.15) is 12.8 Å². The molecule has 2 atom stereocenters. The third kappa shape index (κ3) is 3.11. The Balaban J connectivity index is 1.46. The van der Waals surface area contributed by atoms with Gasteiger partial charge < -0.3 is 0 Å². The van der Waals surface area contributed by atoms with Crippen molar-refractivity contribution < 1.29 is 0 Å². The predicted octanol–water partition coefficient (Wildman–Crippen LogP) is 2.91. The molecule has 0 aromatic rings. The second kappa shape index (κ2) is 5.17. The molecule has 0 aromatic heterocycles. The Morgan fingerprint density at radius 3 is 1.73 bits per heavy atom. The fraction of sp³-hybridized carbons (Fsp3) is 1.00. The molecule has 2 rings (SSSR count). The molecule has 0 amide bonds. The van der Waals surface area contributed by atoms with Crippen LogP contribution in [0.2, 0.25) is 0 Å². The van der Waals surface area contributed by atoms with Gasteiger partial charge in [0.15, 0.2) is 0 Å². The minimum absolute atomic E-state index is 0.0668. The van der Waals surface area contributed by atoms with Crippen molar-refractivity contribution in [2.75, 3.05) is 11.5 Å². The Morgan fingerprint density at radius 1 is 1.00 bits per heavy atom. The topological polar surface area (TPSA) is 0 Å². The maximum absolute atomic E-state index is 2.32. The third-order valence-electron chi connectivity index (χ3n) is 1.67. The van der Waals surface area contributed by atoms with E-state index in [0.29, 0.717) is 0 Å². The van der Waals surface area contributed by atoms with E-state index in [-0.39, 0.29) is 18.4 Å². The van der Waals surface area contributed by atoms with Gasteiger partial charge in [-0.15, -0.1) is 0 Å². The van der Waals surface area contributed by atoms with Gasteiger partial charge in [-0.1, -0.05) is 0 Å². The van der Waals surface area contributed by atoms with Crippen LogP contribution in [0.25, 0.3) is 0 Å². The molecule has 0 spiro atoms. The van der Waals surface area contributed by atoms with Crippen molar-refractivity contribution in [1.29, 1.82) is 0 Å². The van der Waals surface area contributed by atoms with E-state index in [1.807, 2.05) is 0 Å². The Kier molecular flexibility index (Phi) is 4.58. The van der Waals surface area contributed by atoms with E-state index < -0.39 is 0 Å². The Labute approximate surface area is 92.3 Å². The maximum atomic E-state index is 2.32. The van der Waals surface area contributed by atoms with Crippen LogP contribution in [-0.2, 0) is 0 Å². The molecular formula is C6H10S4Sn. The number of rotatable bonds is 4. The monoisotopic (exact) mass is 330 g/mol. The van der Waals surface area contributed by atoms with E-state index in [9.17, 15) is 0 Å². The quantitative estimate of drug-likeness (QED) is 0.727. The summed E-state index contributed by atoms with van der Waals surface area (Å²) in [5.41, 5.74) is 0. The molecule has 0 nitrogen and oxygen atoms in total. The summed E-state index contributed by atoms with van der Waals surface area (Å²) >= 11 is 4.27. The Hall–Kier alpha value is 2.20. The number of hydrogen-bond acceptors (Lipinski definition) is 4. The first-order valence-corrected chi connectivity index (χ1v) is 14.6. The molecule has 2 unspecified atom stereocenters. The summed E-state index contributed by atoms with van der Waals surface area (Å²) in [5.74, 6) is 2.86. The molecule has 0 saturated carbocycles. The normalized spacial score (nSPS) is 36.0. The van der Waals surface area contributed by atoms with Crippen molar-refractivity contribution >= 4 is 59.8 Å². The summed E-state index contributed by atoms with van der Waals surface area (Å²) in [7, 11) is 4.65. The zero-order chi connectivity index (χ0) is 7.52. The van der Waals surface area contributed by atoms with Crippen LogP contribution in [0.4, 0.5) is 0 Å². The third-order valence-corrected chi connectivity index (χ3v) is 19.7. The molecule has 2 saturated heterocycles. The molecule has 2 heterocycles. The summed E-state index contributed by atoms with van der Waals surface area (Å²) in [5, 5.41) is 0. The van der Waals surface area contributed by atoms with Crippen LogP contribution in [0.3, 0.4) is 0 Å². The molecule has 11 heavy (non-hydrogen) atoms. The Morgan fingerprint density at radius 2 is 1.45 bits per heavy atom. The molecule has 0 aromatic carbocycles. The predicted molar refractivity (Wildman–Crippen MR) is 62.7 cm³/mol. The molecule has 0 bridgehead atoms. The molecule has 5 heteroatoms. The van der Waals surface area contributed by atoms with Gasteiger partial charge in [0.25, 0.3) is 0 Å². The van der Waals surface area contributed by atoms with Crippen molar-refractivity contribution in [3.63, 3.8) is 0 Å². The molecule has 0 aliphatic carbocycles. The van der Waals surface area contributed by atoms with Gasteiger partial charge in [0.1, 0.15) is 0 Å². The van der Waals surface area contributed by atoms with Crippen LogP contribution < -0.4 is 0 Å². The van der Waals surface area contributed by atoms with Crippen molar-refractivity contribution in [2.45, 2.75) is 22.0 Å². The van der Waals surface area contributed by atoms with E-state index >= 15 is 0 Å². The molecule has 2 radical (unpaired) electrons. The Bertz CT molecular complexity index is 110. The second-order valence-corrected chi connectivity index (χ2v) is 16.3. The van der Waals surface area contributed by atoms with E-state index in [0.717, 1.165) is 9.16 Å². The van der Waals surface area contributed by atoms with Crippen LogP contribution in [0.15, 0.2) is 0 Å². The van der Waals surface area contributed by atoms with Gasteiger partial charge in [-0.25, -0.2) is 0 Å². The molecule has 62 valence electrons. The van der Waals surface area contributed by atoms with E-state index in [4.69, 9.17) is 0 Å². The van der Waals surface area contributed by atoms with Crippen LogP contribution in [0, 0.1) is 0 Å². The van der Waals surface area contributed by atoms with Gasteiger partial charge in [-0.05, 0) is 0 Å². The zero-order valence-corrected chi connectivity index (χ0v) is 12.2. The van der Waals surface area contributed by atoms with Gasteiger partial charge >= 0.3 is 93.3 Å². The first-order valence-electron chi connectivity index (χ1n) is 3.74. The van der Waals surface area contributed by atoms with E-state index in [1.54, 1.807) is 0 Å². The van der Waals surface area contributed by atoms with E-state index in [2.05, 4.69) is 41.4 Å².